The number of hydrogen-bond donors (Lipinski definition) is 0. The van der Waals surface area contributed by atoms with E-state index < -0.39 is 0 Å². The molecule has 8 rings (SSSR count). The van der Waals surface area contributed by atoms with Crippen LogP contribution in [0.2, 0.25) is 0 Å². The Morgan fingerprint density at radius 2 is 1.38 bits per heavy atom. The van der Waals surface area contributed by atoms with Gasteiger partial charge in [0.2, 0.25) is 0 Å². The van der Waals surface area contributed by atoms with E-state index in [4.69, 9.17) is 0 Å². The van der Waals surface area contributed by atoms with Crippen molar-refractivity contribution in [3.05, 3.63) is 119 Å². The minimum atomic E-state index is 0.0125. The molecular weight excluding hydrogens is 544 g/mol. The van der Waals surface area contributed by atoms with Crippen LogP contribution in [0.4, 0.5) is 11.4 Å². The summed E-state index contributed by atoms with van der Waals surface area (Å²) in [7, 11) is 0. The summed E-state index contributed by atoms with van der Waals surface area (Å²) in [4.78, 5) is 5.57. The second-order valence-electron chi connectivity index (χ2n) is 14.9. The summed E-state index contributed by atoms with van der Waals surface area (Å²) in [5, 5.41) is 0. The van der Waals surface area contributed by atoms with E-state index in [-0.39, 0.29) is 22.4 Å². The van der Waals surface area contributed by atoms with Crippen LogP contribution in [0.5, 0.6) is 0 Å². The zero-order chi connectivity index (χ0) is 31.1. The standard InChI is InChI=1S/C43H48N2/c1-7-10-17-27-42(6)34-24-18-23-32-35(34)36-33(41(42,4)5)26-25-30-28-43(8-2,9-3)40-44(31-21-15-12-16-22-31)38(29-19-13-11-14-20-29)39(32)45(40)37(30)36/h11-16,18-26,40H,7-10,17,27-28H2,1-6H3. The predicted octanol–water partition coefficient (Wildman–Crippen LogP) is 11.3. The zero-order valence-electron chi connectivity index (χ0n) is 28.1. The first-order chi connectivity index (χ1) is 21.8. The number of benzene rings is 4. The fourth-order valence-electron chi connectivity index (χ4n) is 9.81. The molecule has 4 aromatic rings. The Bertz CT molecular complexity index is 1810. The third-order valence-electron chi connectivity index (χ3n) is 12.8. The van der Waals surface area contributed by atoms with Crippen LogP contribution in [0.25, 0.3) is 22.5 Å². The van der Waals surface area contributed by atoms with Gasteiger partial charge in [-0.2, -0.15) is 0 Å². The summed E-state index contributed by atoms with van der Waals surface area (Å²) in [6.45, 7) is 14.8. The van der Waals surface area contributed by atoms with Gasteiger partial charge in [-0.1, -0.05) is 140 Å². The highest BCUT2D eigenvalue weighted by atomic mass is 15.4. The summed E-state index contributed by atoms with van der Waals surface area (Å²) in [6, 6.07) is 34.8. The van der Waals surface area contributed by atoms with Gasteiger partial charge in [-0.25, -0.2) is 0 Å². The van der Waals surface area contributed by atoms with Gasteiger partial charge in [-0.3, -0.25) is 0 Å². The lowest BCUT2D eigenvalue weighted by Gasteiger charge is -2.57. The van der Waals surface area contributed by atoms with Crippen LogP contribution in [0.1, 0.15) is 108 Å². The van der Waals surface area contributed by atoms with E-state index in [0.717, 1.165) is 19.3 Å². The van der Waals surface area contributed by atoms with Crippen molar-refractivity contribution < 1.29 is 0 Å². The van der Waals surface area contributed by atoms with Gasteiger partial charge in [0.05, 0.1) is 17.1 Å². The Morgan fingerprint density at radius 3 is 2.07 bits per heavy atom. The van der Waals surface area contributed by atoms with Gasteiger partial charge in [0.15, 0.2) is 0 Å². The van der Waals surface area contributed by atoms with Gasteiger partial charge in [-0.15, -0.1) is 0 Å². The Kier molecular flexibility index (Phi) is 6.44. The highest BCUT2D eigenvalue weighted by molar-refractivity contribution is 6.15. The Hall–Kier alpha value is -3.78. The molecule has 0 fully saturated rings. The molecule has 2 atom stereocenters. The molecular formula is C43H48N2. The summed E-state index contributed by atoms with van der Waals surface area (Å²) < 4.78 is 0. The molecule has 0 saturated heterocycles. The maximum Gasteiger partial charge on any atom is 0.117 e. The summed E-state index contributed by atoms with van der Waals surface area (Å²) in [6.07, 6.45) is 8.60. The topological polar surface area (TPSA) is 6.48 Å². The molecule has 4 aromatic carbocycles. The molecule has 2 nitrogen and oxygen atoms in total. The van der Waals surface area contributed by atoms with Crippen molar-refractivity contribution in [1.29, 1.82) is 0 Å². The van der Waals surface area contributed by atoms with Gasteiger partial charge in [0, 0.05) is 33.2 Å². The van der Waals surface area contributed by atoms with Crippen molar-refractivity contribution in [2.45, 2.75) is 103 Å². The molecule has 0 N–H and O–H groups in total. The quantitative estimate of drug-likeness (QED) is 0.188. The number of para-hydroxylation sites is 1. The maximum atomic E-state index is 2.84. The number of fused-ring (bicyclic) bond motifs is 1. The minimum Gasteiger partial charge on any atom is -0.317 e. The Balaban J connectivity index is 1.53. The second-order valence-corrected chi connectivity index (χ2v) is 14.9. The average molecular weight is 593 g/mol. The predicted molar refractivity (Wildman–Crippen MR) is 192 cm³/mol. The van der Waals surface area contributed by atoms with Crippen molar-refractivity contribution in [2.24, 2.45) is 5.41 Å². The number of nitrogens with zero attached hydrogens (tertiary/aromatic N) is 2. The van der Waals surface area contributed by atoms with Crippen LogP contribution in [0.3, 0.4) is 0 Å². The van der Waals surface area contributed by atoms with Crippen molar-refractivity contribution >= 4 is 22.8 Å². The van der Waals surface area contributed by atoms with Gasteiger partial charge < -0.3 is 9.80 Å². The van der Waals surface area contributed by atoms with Crippen molar-refractivity contribution in [2.75, 3.05) is 9.80 Å². The molecule has 4 aliphatic rings. The third kappa shape index (κ3) is 3.63. The van der Waals surface area contributed by atoms with E-state index in [1.165, 1.54) is 81.8 Å². The monoisotopic (exact) mass is 592 g/mol. The lowest BCUT2D eigenvalue weighted by molar-refractivity contribution is 0.197. The van der Waals surface area contributed by atoms with Crippen LogP contribution in [0.15, 0.2) is 91.0 Å². The SMILES string of the molecule is CCCCCC1(C)c2cccc3c2-c2c(ccc4c2N2C3=C(c3ccccc3)N(c3ccccc3)C2C(CC)(CC)C4)C1(C)C. The molecule has 0 amide bonds. The van der Waals surface area contributed by atoms with Gasteiger partial charge in [0.1, 0.15) is 6.17 Å². The molecule has 45 heavy (non-hydrogen) atoms. The van der Waals surface area contributed by atoms with Crippen LogP contribution < -0.4 is 9.80 Å². The van der Waals surface area contributed by atoms with Crippen molar-refractivity contribution in [3.63, 3.8) is 0 Å². The molecule has 1 aliphatic carbocycles. The fraction of sp³-hybridized carbons (Fsp3) is 0.395. The highest BCUT2D eigenvalue weighted by Crippen LogP contribution is 2.67. The summed E-state index contributed by atoms with van der Waals surface area (Å²) in [5.41, 5.74) is 16.1. The second kappa shape index (κ2) is 10.1. The minimum absolute atomic E-state index is 0.0125. The first-order valence-corrected chi connectivity index (χ1v) is 17.6. The first kappa shape index (κ1) is 28.7. The molecule has 0 spiro atoms. The molecule has 230 valence electrons. The molecule has 0 aromatic heterocycles. The van der Waals surface area contributed by atoms with Gasteiger partial charge in [0.25, 0.3) is 0 Å². The number of unbranched alkanes of at least 4 members (excludes halogenated alkanes) is 2. The van der Waals surface area contributed by atoms with Crippen LogP contribution in [0, 0.1) is 5.41 Å². The zero-order valence-corrected chi connectivity index (χ0v) is 28.1. The average Bonchev–Trinajstić information content (AvgIpc) is 3.45. The highest BCUT2D eigenvalue weighted by Gasteiger charge is 2.59. The van der Waals surface area contributed by atoms with Crippen molar-refractivity contribution in [1.82, 2.24) is 0 Å². The first-order valence-electron chi connectivity index (χ1n) is 17.6. The summed E-state index contributed by atoms with van der Waals surface area (Å²) in [5.74, 6) is 0. The number of hydrogen-bond acceptors (Lipinski definition) is 2. The lowest BCUT2D eigenvalue weighted by Crippen LogP contribution is -2.57. The third-order valence-corrected chi connectivity index (χ3v) is 12.8. The van der Waals surface area contributed by atoms with E-state index in [0.29, 0.717) is 0 Å². The van der Waals surface area contributed by atoms with E-state index in [1.807, 2.05) is 0 Å². The lowest BCUT2D eigenvalue weighted by atomic mass is 9.51. The maximum absolute atomic E-state index is 2.84. The number of anilines is 2. The van der Waals surface area contributed by atoms with E-state index in [2.05, 4.69) is 142 Å². The van der Waals surface area contributed by atoms with Crippen LogP contribution in [-0.2, 0) is 17.3 Å². The normalized spacial score (nSPS) is 22.9. The van der Waals surface area contributed by atoms with Crippen LogP contribution in [-0.4, -0.2) is 6.17 Å². The molecule has 0 bridgehead atoms. The summed E-state index contributed by atoms with van der Waals surface area (Å²) >= 11 is 0. The molecule has 0 saturated carbocycles. The molecule has 3 aliphatic heterocycles. The fourth-order valence-corrected chi connectivity index (χ4v) is 9.81. The Labute approximate surface area is 270 Å². The van der Waals surface area contributed by atoms with Crippen LogP contribution >= 0.6 is 0 Å². The van der Waals surface area contributed by atoms with Crippen molar-refractivity contribution in [3.8, 4) is 11.1 Å². The molecule has 2 heteroatoms. The van der Waals surface area contributed by atoms with E-state index in [9.17, 15) is 0 Å². The molecule has 2 unspecified atom stereocenters. The van der Waals surface area contributed by atoms with Gasteiger partial charge in [-0.05, 0) is 65.5 Å². The largest absolute Gasteiger partial charge is 0.317 e. The molecule has 3 heterocycles. The molecule has 0 radical (unpaired) electrons. The van der Waals surface area contributed by atoms with Gasteiger partial charge >= 0.3 is 0 Å². The Morgan fingerprint density at radius 1 is 0.667 bits per heavy atom. The van der Waals surface area contributed by atoms with E-state index >= 15 is 0 Å². The van der Waals surface area contributed by atoms with E-state index in [1.54, 1.807) is 5.56 Å². The number of rotatable bonds is 8. The smallest absolute Gasteiger partial charge is 0.117 e.